The zero-order valence-electron chi connectivity index (χ0n) is 29.4. The molecule has 1 aliphatic carbocycles. The fraction of sp³-hybridized carbons (Fsp3) is 0.350. The van der Waals surface area contributed by atoms with Gasteiger partial charge in [-0.3, -0.25) is 4.79 Å². The Kier molecular flexibility index (Phi) is 9.15. The van der Waals surface area contributed by atoms with E-state index in [0.717, 1.165) is 72.9 Å². The quantitative estimate of drug-likeness (QED) is 0.173. The van der Waals surface area contributed by atoms with Gasteiger partial charge in [-0.1, -0.05) is 54.9 Å². The van der Waals surface area contributed by atoms with Gasteiger partial charge in [-0.05, 0) is 83.3 Å². The van der Waals surface area contributed by atoms with Gasteiger partial charge in [0.2, 0.25) is 5.75 Å². The molecule has 1 aliphatic heterocycles. The van der Waals surface area contributed by atoms with Crippen LogP contribution in [0, 0.1) is 11.3 Å². The van der Waals surface area contributed by atoms with Crippen molar-refractivity contribution in [3.8, 4) is 17.2 Å². The molecule has 0 N–H and O–H groups in total. The largest absolute Gasteiger partial charge is 0.493 e. The normalized spacial score (nSPS) is 17.3. The van der Waals surface area contributed by atoms with Crippen molar-refractivity contribution in [2.45, 2.75) is 33.6 Å². The number of amides is 1. The van der Waals surface area contributed by atoms with E-state index in [1.165, 1.54) is 0 Å². The number of fused-ring (bicyclic) bond motifs is 3. The van der Waals surface area contributed by atoms with Crippen LogP contribution in [0.1, 0.15) is 54.4 Å². The number of piperazine rings is 1. The molecule has 2 aliphatic rings. The molecule has 258 valence electrons. The molecule has 1 saturated heterocycles. The number of anilines is 1. The minimum absolute atomic E-state index is 0.00103. The standard InChI is InChI=1S/C40H42BrN5O4/c1-40(2,3)26-20-25(17-24-18-33(48-4)37(50-6)34(19-24)49-5)36-30(21-26)35(28-9-7-8-10-32(28)44-36)39(47)46-15-13-45(14-16-46)38-29-22-27(41)11-12-31(29)42-23-43-38/h7-12,17-19,22-23,26H,13-16,20-21H2,1-6H3/b25-17-. The number of carbonyl (C=O) groups excluding carboxylic acids is 1. The number of allylic oxidation sites excluding steroid dienone is 1. The smallest absolute Gasteiger partial charge is 0.255 e. The molecule has 7 rings (SSSR count). The molecule has 3 aromatic carbocycles. The summed E-state index contributed by atoms with van der Waals surface area (Å²) in [5.74, 6) is 2.96. The second kappa shape index (κ2) is 13.5. The van der Waals surface area contributed by atoms with Crippen LogP contribution in [0.25, 0.3) is 33.5 Å². The van der Waals surface area contributed by atoms with E-state index in [1.54, 1.807) is 27.7 Å². The summed E-state index contributed by atoms with van der Waals surface area (Å²) in [6.45, 7) is 9.36. The number of nitrogens with zero attached hydrogens (tertiary/aromatic N) is 5. The highest BCUT2D eigenvalue weighted by Gasteiger charge is 2.36. The predicted octanol–water partition coefficient (Wildman–Crippen LogP) is 8.08. The molecular weight excluding hydrogens is 694 g/mol. The van der Waals surface area contributed by atoms with Gasteiger partial charge in [-0.15, -0.1) is 0 Å². The fourth-order valence-electron chi connectivity index (χ4n) is 7.31. The minimum atomic E-state index is -0.00103. The first-order chi connectivity index (χ1) is 24.1. The van der Waals surface area contributed by atoms with Gasteiger partial charge >= 0.3 is 0 Å². The van der Waals surface area contributed by atoms with E-state index in [9.17, 15) is 4.79 Å². The molecular formula is C40H42BrN5O4. The minimum Gasteiger partial charge on any atom is -0.493 e. The van der Waals surface area contributed by atoms with Gasteiger partial charge in [-0.2, -0.15) is 0 Å². The molecule has 0 spiro atoms. The summed E-state index contributed by atoms with van der Waals surface area (Å²) in [7, 11) is 4.86. The number of hydrogen-bond donors (Lipinski definition) is 0. The summed E-state index contributed by atoms with van der Waals surface area (Å²) in [5.41, 5.74) is 6.39. The molecule has 1 fully saturated rings. The Hall–Kier alpha value is -4.70. The van der Waals surface area contributed by atoms with Crippen molar-refractivity contribution < 1.29 is 19.0 Å². The summed E-state index contributed by atoms with van der Waals surface area (Å²) in [6, 6.07) is 18.0. The van der Waals surface area contributed by atoms with Crippen molar-refractivity contribution in [3.05, 3.63) is 87.8 Å². The van der Waals surface area contributed by atoms with E-state index in [1.807, 2.05) is 53.4 Å². The molecule has 0 bridgehead atoms. The van der Waals surface area contributed by atoms with Crippen LogP contribution in [0.5, 0.6) is 17.2 Å². The van der Waals surface area contributed by atoms with Crippen LogP contribution in [0.15, 0.2) is 65.4 Å². The molecule has 9 nitrogen and oxygen atoms in total. The van der Waals surface area contributed by atoms with Gasteiger partial charge < -0.3 is 24.0 Å². The Bertz CT molecular complexity index is 2110. The third-order valence-corrected chi connectivity index (χ3v) is 10.6. The van der Waals surface area contributed by atoms with E-state index in [-0.39, 0.29) is 11.3 Å². The van der Waals surface area contributed by atoms with Crippen molar-refractivity contribution in [3.63, 3.8) is 0 Å². The van der Waals surface area contributed by atoms with E-state index in [0.29, 0.717) is 49.3 Å². The number of rotatable bonds is 6. The summed E-state index contributed by atoms with van der Waals surface area (Å²) in [5, 5.41) is 1.89. The monoisotopic (exact) mass is 735 g/mol. The zero-order chi connectivity index (χ0) is 35.2. The number of benzene rings is 3. The van der Waals surface area contributed by atoms with E-state index < -0.39 is 0 Å². The number of hydrogen-bond acceptors (Lipinski definition) is 8. The number of methoxy groups -OCH3 is 3. The van der Waals surface area contributed by atoms with Crippen LogP contribution in [0.2, 0.25) is 0 Å². The maximum atomic E-state index is 14.8. The third kappa shape index (κ3) is 6.25. The first kappa shape index (κ1) is 33.8. The highest BCUT2D eigenvalue weighted by molar-refractivity contribution is 9.10. The highest BCUT2D eigenvalue weighted by Crippen LogP contribution is 2.46. The number of halogens is 1. The Morgan fingerprint density at radius 2 is 1.58 bits per heavy atom. The number of para-hydroxylation sites is 1. The summed E-state index contributed by atoms with van der Waals surface area (Å²) in [6.07, 6.45) is 5.38. The van der Waals surface area contributed by atoms with Gasteiger partial charge in [0.05, 0.1) is 43.6 Å². The maximum absolute atomic E-state index is 14.8. The van der Waals surface area contributed by atoms with Crippen LogP contribution in [0.3, 0.4) is 0 Å². The topological polar surface area (TPSA) is 89.9 Å². The fourth-order valence-corrected chi connectivity index (χ4v) is 7.67. The molecule has 0 radical (unpaired) electrons. The number of pyridine rings is 1. The van der Waals surface area contributed by atoms with E-state index >= 15 is 0 Å². The lowest BCUT2D eigenvalue weighted by molar-refractivity contribution is 0.0746. The first-order valence-corrected chi connectivity index (χ1v) is 17.8. The van der Waals surface area contributed by atoms with E-state index in [4.69, 9.17) is 19.2 Å². The lowest BCUT2D eigenvalue weighted by atomic mass is 9.68. The van der Waals surface area contributed by atoms with Gasteiger partial charge in [0.15, 0.2) is 11.5 Å². The average molecular weight is 737 g/mol. The molecule has 1 amide bonds. The number of aromatic nitrogens is 3. The lowest BCUT2D eigenvalue weighted by Gasteiger charge is -2.39. The third-order valence-electron chi connectivity index (χ3n) is 10.1. The summed E-state index contributed by atoms with van der Waals surface area (Å²) >= 11 is 3.60. The Morgan fingerprint density at radius 3 is 2.26 bits per heavy atom. The Morgan fingerprint density at radius 1 is 0.860 bits per heavy atom. The van der Waals surface area contributed by atoms with Crippen LogP contribution < -0.4 is 19.1 Å². The van der Waals surface area contributed by atoms with Gasteiger partial charge in [0.1, 0.15) is 12.1 Å². The van der Waals surface area contributed by atoms with Crippen LogP contribution >= 0.6 is 15.9 Å². The predicted molar refractivity (Wildman–Crippen MR) is 202 cm³/mol. The molecule has 0 saturated carbocycles. The van der Waals surface area contributed by atoms with Crippen LogP contribution in [0.4, 0.5) is 5.82 Å². The molecule has 1 atom stereocenters. The number of carbonyl (C=O) groups is 1. The Balaban J connectivity index is 1.30. The summed E-state index contributed by atoms with van der Waals surface area (Å²) in [4.78, 5) is 33.5. The summed E-state index contributed by atoms with van der Waals surface area (Å²) < 4.78 is 17.9. The maximum Gasteiger partial charge on any atom is 0.255 e. The SMILES string of the molecule is COc1cc(/C=C2/CC(C(C)(C)C)Cc3c2nc2ccccc2c3C(=O)N2CCN(c3ncnc4ccc(Br)cc34)CC2)cc(OC)c1OC. The van der Waals surface area contributed by atoms with Crippen molar-refractivity contribution in [2.75, 3.05) is 52.4 Å². The molecule has 10 heteroatoms. The Labute approximate surface area is 301 Å². The first-order valence-electron chi connectivity index (χ1n) is 17.0. The van der Waals surface area contributed by atoms with Crippen LogP contribution in [-0.4, -0.2) is 73.3 Å². The van der Waals surface area contributed by atoms with Crippen molar-refractivity contribution in [1.82, 2.24) is 19.9 Å². The van der Waals surface area contributed by atoms with Gasteiger partial charge in [-0.25, -0.2) is 15.0 Å². The van der Waals surface area contributed by atoms with Gasteiger partial charge in [0, 0.05) is 41.4 Å². The van der Waals surface area contributed by atoms with Crippen molar-refractivity contribution in [2.24, 2.45) is 11.3 Å². The number of ether oxygens (including phenoxy) is 3. The molecule has 3 heterocycles. The second-order valence-electron chi connectivity index (χ2n) is 14.1. The van der Waals surface area contributed by atoms with Crippen LogP contribution in [-0.2, 0) is 6.42 Å². The molecule has 50 heavy (non-hydrogen) atoms. The van der Waals surface area contributed by atoms with Crippen molar-refractivity contribution >= 4 is 61.1 Å². The average Bonchev–Trinajstić information content (AvgIpc) is 3.12. The molecule has 2 aromatic heterocycles. The molecule has 1 unspecified atom stereocenters. The second-order valence-corrected chi connectivity index (χ2v) is 15.0. The lowest BCUT2D eigenvalue weighted by Crippen LogP contribution is -2.49. The van der Waals surface area contributed by atoms with Crippen molar-refractivity contribution in [1.29, 1.82) is 0 Å². The van der Waals surface area contributed by atoms with Gasteiger partial charge in [0.25, 0.3) is 5.91 Å². The molecule has 5 aromatic rings. The zero-order valence-corrected chi connectivity index (χ0v) is 31.0. The highest BCUT2D eigenvalue weighted by atomic mass is 79.9. The van der Waals surface area contributed by atoms with E-state index in [2.05, 4.69) is 63.7 Å².